The van der Waals surface area contributed by atoms with Crippen molar-refractivity contribution < 1.29 is 10.0 Å². The zero-order valence-corrected chi connectivity index (χ0v) is 7.05. The molecule has 5 nitrogen and oxygen atoms in total. The van der Waals surface area contributed by atoms with Gasteiger partial charge in [0.2, 0.25) is 0 Å². The number of aromatic nitrogens is 3. The molecule has 0 saturated carbocycles. The van der Waals surface area contributed by atoms with Crippen molar-refractivity contribution >= 4 is 23.6 Å². The molecule has 1 aromatic heterocycles. The van der Waals surface area contributed by atoms with Crippen LogP contribution in [0.25, 0.3) is 11.0 Å². The van der Waals surface area contributed by atoms with Gasteiger partial charge in [-0.05, 0) is 17.6 Å². The van der Waals surface area contributed by atoms with Crippen LogP contribution in [0.15, 0.2) is 18.2 Å². The van der Waals surface area contributed by atoms with Crippen LogP contribution in [-0.4, -0.2) is 32.2 Å². The highest BCUT2D eigenvalue weighted by Crippen LogP contribution is 2.06. The Hall–Kier alpha value is -1.40. The van der Waals surface area contributed by atoms with Gasteiger partial charge in [-0.3, -0.25) is 0 Å². The second-order valence-corrected chi connectivity index (χ2v) is 2.83. The Balaban J connectivity index is 2.63. The molecular formula is C7H8BN3O2. The highest BCUT2D eigenvalue weighted by molar-refractivity contribution is 6.58. The Morgan fingerprint density at radius 1 is 1.38 bits per heavy atom. The standard InChI is InChI=1S/C7H8BN3O2/c1-11-7-3-2-5(8(12)13)4-6(7)9-10-11/h2-4,12-13H,1H3. The van der Waals surface area contributed by atoms with E-state index in [0.29, 0.717) is 11.0 Å². The van der Waals surface area contributed by atoms with Crippen molar-refractivity contribution in [2.75, 3.05) is 0 Å². The van der Waals surface area contributed by atoms with Gasteiger partial charge in [0.1, 0.15) is 5.52 Å². The molecule has 1 aromatic carbocycles. The summed E-state index contributed by atoms with van der Waals surface area (Å²) in [5.41, 5.74) is 1.95. The molecular weight excluding hydrogens is 169 g/mol. The van der Waals surface area contributed by atoms with Crippen LogP contribution < -0.4 is 5.46 Å². The summed E-state index contributed by atoms with van der Waals surface area (Å²) in [6.45, 7) is 0. The number of fused-ring (bicyclic) bond motifs is 1. The van der Waals surface area contributed by atoms with E-state index in [1.807, 2.05) is 0 Å². The predicted molar refractivity (Wildman–Crippen MR) is 48.3 cm³/mol. The SMILES string of the molecule is Cn1nnc2cc(B(O)O)ccc21. The van der Waals surface area contributed by atoms with E-state index in [4.69, 9.17) is 10.0 Å². The molecule has 1 heterocycles. The van der Waals surface area contributed by atoms with Crippen LogP contribution in [0.5, 0.6) is 0 Å². The lowest BCUT2D eigenvalue weighted by molar-refractivity contribution is 0.426. The average Bonchev–Trinajstić information content (AvgIpc) is 2.47. The van der Waals surface area contributed by atoms with Gasteiger partial charge in [0.15, 0.2) is 0 Å². The molecule has 0 saturated heterocycles. The molecule has 6 heteroatoms. The van der Waals surface area contributed by atoms with Gasteiger partial charge in [-0.1, -0.05) is 11.3 Å². The number of benzene rings is 1. The Bertz CT molecular complexity index is 440. The Kier molecular flexibility index (Phi) is 1.79. The van der Waals surface area contributed by atoms with Gasteiger partial charge in [0.25, 0.3) is 0 Å². The van der Waals surface area contributed by atoms with Crippen molar-refractivity contribution in [2.24, 2.45) is 7.05 Å². The first-order chi connectivity index (χ1) is 6.18. The van der Waals surface area contributed by atoms with Crippen LogP contribution in [0, 0.1) is 0 Å². The maximum absolute atomic E-state index is 8.89. The van der Waals surface area contributed by atoms with Crippen molar-refractivity contribution in [1.29, 1.82) is 0 Å². The highest BCUT2D eigenvalue weighted by Gasteiger charge is 2.12. The number of rotatable bonds is 1. The summed E-state index contributed by atoms with van der Waals surface area (Å²) in [4.78, 5) is 0. The van der Waals surface area contributed by atoms with Crippen molar-refractivity contribution in [3.63, 3.8) is 0 Å². The summed E-state index contributed by atoms with van der Waals surface area (Å²) >= 11 is 0. The van der Waals surface area contributed by atoms with Gasteiger partial charge in [0, 0.05) is 7.05 Å². The fourth-order valence-corrected chi connectivity index (χ4v) is 1.22. The first kappa shape index (κ1) is 8.21. The first-order valence-corrected chi connectivity index (χ1v) is 3.84. The quantitative estimate of drug-likeness (QED) is 0.528. The minimum Gasteiger partial charge on any atom is -0.423 e. The van der Waals surface area contributed by atoms with Crippen LogP contribution in [0.2, 0.25) is 0 Å². The molecule has 0 fully saturated rings. The second kappa shape index (κ2) is 2.83. The van der Waals surface area contributed by atoms with Gasteiger partial charge in [-0.2, -0.15) is 0 Å². The Morgan fingerprint density at radius 2 is 2.15 bits per heavy atom. The summed E-state index contributed by atoms with van der Waals surface area (Å²) in [5, 5.41) is 25.4. The minimum atomic E-state index is -1.45. The van der Waals surface area contributed by atoms with Gasteiger partial charge >= 0.3 is 7.12 Å². The number of hydrogen-bond donors (Lipinski definition) is 2. The third-order valence-electron chi connectivity index (χ3n) is 1.93. The molecule has 0 atom stereocenters. The molecule has 0 amide bonds. The van der Waals surface area contributed by atoms with Crippen LogP contribution >= 0.6 is 0 Å². The van der Waals surface area contributed by atoms with Crippen molar-refractivity contribution in [2.45, 2.75) is 0 Å². The summed E-state index contributed by atoms with van der Waals surface area (Å²) in [6, 6.07) is 4.99. The van der Waals surface area contributed by atoms with E-state index in [-0.39, 0.29) is 0 Å². The lowest BCUT2D eigenvalue weighted by Crippen LogP contribution is -2.29. The monoisotopic (exact) mass is 177 g/mol. The van der Waals surface area contributed by atoms with Crippen molar-refractivity contribution in [1.82, 2.24) is 15.0 Å². The molecule has 66 valence electrons. The molecule has 0 radical (unpaired) electrons. The molecule has 0 aliphatic carbocycles. The molecule has 13 heavy (non-hydrogen) atoms. The van der Waals surface area contributed by atoms with E-state index in [1.165, 1.54) is 0 Å². The first-order valence-electron chi connectivity index (χ1n) is 3.84. The molecule has 0 bridgehead atoms. The van der Waals surface area contributed by atoms with Crippen LogP contribution in [0.3, 0.4) is 0 Å². The third-order valence-corrected chi connectivity index (χ3v) is 1.93. The Labute approximate surface area is 74.8 Å². The molecule has 0 aliphatic heterocycles. The average molecular weight is 177 g/mol. The van der Waals surface area contributed by atoms with E-state index >= 15 is 0 Å². The molecule has 0 aliphatic rings. The zero-order chi connectivity index (χ0) is 9.42. The van der Waals surface area contributed by atoms with E-state index < -0.39 is 7.12 Å². The Morgan fingerprint density at radius 3 is 2.85 bits per heavy atom. The lowest BCUT2D eigenvalue weighted by Gasteiger charge is -1.97. The fourth-order valence-electron chi connectivity index (χ4n) is 1.22. The number of aryl methyl sites for hydroxylation is 1. The normalized spacial score (nSPS) is 10.7. The van der Waals surface area contributed by atoms with Crippen molar-refractivity contribution in [3.05, 3.63) is 18.2 Å². The summed E-state index contributed by atoms with van der Waals surface area (Å²) in [7, 11) is 0.330. The third kappa shape index (κ3) is 1.30. The van der Waals surface area contributed by atoms with Gasteiger partial charge in [0.05, 0.1) is 5.52 Å². The van der Waals surface area contributed by atoms with Crippen molar-refractivity contribution in [3.8, 4) is 0 Å². The highest BCUT2D eigenvalue weighted by atomic mass is 16.4. The van der Waals surface area contributed by atoms with Gasteiger partial charge < -0.3 is 10.0 Å². The summed E-state index contributed by atoms with van der Waals surface area (Å²) in [5.74, 6) is 0. The predicted octanol–water partition coefficient (Wildman–Crippen LogP) is -1.35. The van der Waals surface area contributed by atoms with Crippen LogP contribution in [0.1, 0.15) is 0 Å². The smallest absolute Gasteiger partial charge is 0.423 e. The van der Waals surface area contributed by atoms with E-state index in [2.05, 4.69) is 10.3 Å². The largest absolute Gasteiger partial charge is 0.488 e. The van der Waals surface area contributed by atoms with Gasteiger partial charge in [-0.15, -0.1) is 5.10 Å². The number of nitrogens with zero attached hydrogens (tertiary/aromatic N) is 3. The molecule has 2 aromatic rings. The van der Waals surface area contributed by atoms with E-state index in [1.54, 1.807) is 29.9 Å². The van der Waals surface area contributed by atoms with Crippen LogP contribution in [0.4, 0.5) is 0 Å². The van der Waals surface area contributed by atoms with E-state index in [0.717, 1.165) is 5.52 Å². The summed E-state index contributed by atoms with van der Waals surface area (Å²) < 4.78 is 1.63. The summed E-state index contributed by atoms with van der Waals surface area (Å²) in [6.07, 6.45) is 0. The van der Waals surface area contributed by atoms with Crippen LogP contribution in [-0.2, 0) is 7.05 Å². The molecule has 2 N–H and O–H groups in total. The lowest BCUT2D eigenvalue weighted by atomic mass is 9.80. The number of hydrogen-bond acceptors (Lipinski definition) is 4. The minimum absolute atomic E-state index is 0.424. The maximum atomic E-state index is 8.89. The van der Waals surface area contributed by atoms with E-state index in [9.17, 15) is 0 Å². The second-order valence-electron chi connectivity index (χ2n) is 2.83. The molecule has 0 unspecified atom stereocenters. The topological polar surface area (TPSA) is 71.2 Å². The maximum Gasteiger partial charge on any atom is 0.488 e. The molecule has 0 spiro atoms. The molecule has 2 rings (SSSR count). The fraction of sp³-hybridized carbons (Fsp3) is 0.143. The zero-order valence-electron chi connectivity index (χ0n) is 7.05. The van der Waals surface area contributed by atoms with Gasteiger partial charge in [-0.25, -0.2) is 4.68 Å².